The molecule has 1 aromatic carbocycles. The normalized spacial score (nSPS) is 11.3. The second-order valence-electron chi connectivity index (χ2n) is 2.57. The van der Waals surface area contributed by atoms with Gasteiger partial charge in [-0.25, -0.2) is 4.39 Å². The van der Waals surface area contributed by atoms with E-state index < -0.39 is 18.2 Å². The van der Waals surface area contributed by atoms with Crippen molar-refractivity contribution in [2.24, 2.45) is 0 Å². The first-order chi connectivity index (χ1) is 6.18. The van der Waals surface area contributed by atoms with Crippen LogP contribution in [0.1, 0.15) is 12.0 Å². The molecule has 68 valence electrons. The monoisotopic (exact) mass is 180 g/mol. The van der Waals surface area contributed by atoms with Gasteiger partial charge < -0.3 is 5.11 Å². The first-order valence-electron chi connectivity index (χ1n) is 3.81. The third kappa shape index (κ3) is 3.51. The number of carboxylic acid groups (broad SMARTS) is 1. The smallest absolute Gasteiger partial charge is 0.310 e. The molecule has 0 fully saturated rings. The number of benzene rings is 1. The van der Waals surface area contributed by atoms with Crippen LogP contribution in [0.25, 0.3) is 6.08 Å². The van der Waals surface area contributed by atoms with Crippen LogP contribution in [0.15, 0.2) is 36.2 Å². The standard InChI is InChI=1S/C10H9FO2/c11-9(7-10(12)13)6-8-4-2-1-3-5-8/h1-6H,7H2,(H,12,13). The molecule has 0 atom stereocenters. The van der Waals surface area contributed by atoms with Gasteiger partial charge in [-0.3, -0.25) is 4.79 Å². The maximum Gasteiger partial charge on any atom is 0.310 e. The Bertz CT molecular complexity index is 317. The van der Waals surface area contributed by atoms with Crippen molar-refractivity contribution < 1.29 is 14.3 Å². The van der Waals surface area contributed by atoms with Crippen molar-refractivity contribution in [1.82, 2.24) is 0 Å². The lowest BCUT2D eigenvalue weighted by Crippen LogP contribution is -1.93. The summed E-state index contributed by atoms with van der Waals surface area (Å²) in [6.45, 7) is 0. The fourth-order valence-electron chi connectivity index (χ4n) is 0.926. The molecule has 0 unspecified atom stereocenters. The summed E-state index contributed by atoms with van der Waals surface area (Å²) in [5, 5.41) is 8.28. The Morgan fingerprint density at radius 1 is 1.38 bits per heavy atom. The average molecular weight is 180 g/mol. The van der Waals surface area contributed by atoms with Gasteiger partial charge in [-0.1, -0.05) is 30.3 Å². The van der Waals surface area contributed by atoms with Gasteiger partial charge >= 0.3 is 5.97 Å². The summed E-state index contributed by atoms with van der Waals surface area (Å²) in [6.07, 6.45) is 0.656. The summed E-state index contributed by atoms with van der Waals surface area (Å²) in [7, 11) is 0. The van der Waals surface area contributed by atoms with Crippen LogP contribution in [0, 0.1) is 0 Å². The van der Waals surface area contributed by atoms with Crippen LogP contribution in [0.3, 0.4) is 0 Å². The largest absolute Gasteiger partial charge is 0.481 e. The van der Waals surface area contributed by atoms with Crippen LogP contribution in [0.4, 0.5) is 4.39 Å². The van der Waals surface area contributed by atoms with Crippen molar-refractivity contribution in [2.45, 2.75) is 6.42 Å². The second-order valence-corrected chi connectivity index (χ2v) is 2.57. The van der Waals surface area contributed by atoms with Crippen LogP contribution in [-0.2, 0) is 4.79 Å². The summed E-state index contributed by atoms with van der Waals surface area (Å²) in [4.78, 5) is 10.1. The van der Waals surface area contributed by atoms with Gasteiger partial charge in [0.05, 0.1) is 6.42 Å². The maximum atomic E-state index is 12.8. The van der Waals surface area contributed by atoms with Gasteiger partial charge in [0, 0.05) is 0 Å². The molecule has 0 aliphatic rings. The number of carboxylic acids is 1. The van der Waals surface area contributed by atoms with E-state index in [2.05, 4.69) is 0 Å². The third-order valence-electron chi connectivity index (χ3n) is 1.44. The summed E-state index contributed by atoms with van der Waals surface area (Å²) in [6, 6.07) is 8.76. The van der Waals surface area contributed by atoms with Crippen LogP contribution < -0.4 is 0 Å². The molecule has 3 heteroatoms. The third-order valence-corrected chi connectivity index (χ3v) is 1.44. The second kappa shape index (κ2) is 4.40. The zero-order valence-electron chi connectivity index (χ0n) is 6.90. The number of aliphatic carboxylic acids is 1. The van der Waals surface area contributed by atoms with Gasteiger partial charge in [0.25, 0.3) is 0 Å². The highest BCUT2D eigenvalue weighted by Crippen LogP contribution is 2.10. The Kier molecular flexibility index (Phi) is 3.20. The van der Waals surface area contributed by atoms with E-state index in [1.807, 2.05) is 6.07 Å². The molecule has 0 saturated heterocycles. The summed E-state index contributed by atoms with van der Waals surface area (Å²) >= 11 is 0. The van der Waals surface area contributed by atoms with E-state index in [1.54, 1.807) is 24.3 Å². The fraction of sp³-hybridized carbons (Fsp3) is 0.100. The highest BCUT2D eigenvalue weighted by atomic mass is 19.1. The quantitative estimate of drug-likeness (QED) is 0.775. The van der Waals surface area contributed by atoms with Crippen molar-refractivity contribution in [2.75, 3.05) is 0 Å². The van der Waals surface area contributed by atoms with Gasteiger partial charge in [0.1, 0.15) is 5.83 Å². The zero-order chi connectivity index (χ0) is 9.68. The lowest BCUT2D eigenvalue weighted by molar-refractivity contribution is -0.136. The average Bonchev–Trinajstić information content (AvgIpc) is 2.04. The highest BCUT2D eigenvalue weighted by Gasteiger charge is 2.01. The molecule has 0 aliphatic carbocycles. The Morgan fingerprint density at radius 3 is 2.54 bits per heavy atom. The fourth-order valence-corrected chi connectivity index (χ4v) is 0.926. The van der Waals surface area contributed by atoms with E-state index in [1.165, 1.54) is 6.08 Å². The van der Waals surface area contributed by atoms with E-state index in [0.29, 0.717) is 5.56 Å². The Balaban J connectivity index is 2.71. The predicted octanol–water partition coefficient (Wildman–Crippen LogP) is 2.47. The molecule has 2 nitrogen and oxygen atoms in total. The van der Waals surface area contributed by atoms with Crippen molar-refractivity contribution in [1.29, 1.82) is 0 Å². The van der Waals surface area contributed by atoms with E-state index in [0.717, 1.165) is 0 Å². The SMILES string of the molecule is O=C(O)CC(F)=Cc1ccccc1. The minimum atomic E-state index is -1.16. The lowest BCUT2D eigenvalue weighted by atomic mass is 10.2. The topological polar surface area (TPSA) is 37.3 Å². The molecule has 1 N–H and O–H groups in total. The number of hydrogen-bond acceptors (Lipinski definition) is 1. The van der Waals surface area contributed by atoms with Gasteiger partial charge in [-0.2, -0.15) is 0 Å². The Hall–Kier alpha value is -1.64. The minimum Gasteiger partial charge on any atom is -0.481 e. The number of carbonyl (C=O) groups is 1. The van der Waals surface area contributed by atoms with E-state index >= 15 is 0 Å². The summed E-state index contributed by atoms with van der Waals surface area (Å²) in [5.74, 6) is -1.80. The summed E-state index contributed by atoms with van der Waals surface area (Å²) in [5.41, 5.74) is 0.668. The maximum absolute atomic E-state index is 12.8. The molecule has 0 saturated carbocycles. The van der Waals surface area contributed by atoms with E-state index in [9.17, 15) is 9.18 Å². The molecule has 0 heterocycles. The molecular weight excluding hydrogens is 171 g/mol. The highest BCUT2D eigenvalue weighted by molar-refractivity contribution is 5.71. The van der Waals surface area contributed by atoms with Crippen LogP contribution in [0.5, 0.6) is 0 Å². The molecule has 0 amide bonds. The zero-order valence-corrected chi connectivity index (χ0v) is 6.90. The Morgan fingerprint density at radius 2 is 2.00 bits per heavy atom. The van der Waals surface area contributed by atoms with Gasteiger partial charge in [0.15, 0.2) is 0 Å². The van der Waals surface area contributed by atoms with Crippen molar-refractivity contribution in [3.05, 3.63) is 41.7 Å². The minimum absolute atomic E-state index is 0.561. The number of hydrogen-bond donors (Lipinski definition) is 1. The van der Waals surface area contributed by atoms with E-state index in [4.69, 9.17) is 5.11 Å². The van der Waals surface area contributed by atoms with Crippen LogP contribution in [0.2, 0.25) is 0 Å². The molecule has 0 spiro atoms. The van der Waals surface area contributed by atoms with Gasteiger partial charge in [0.2, 0.25) is 0 Å². The first kappa shape index (κ1) is 9.45. The van der Waals surface area contributed by atoms with Crippen molar-refractivity contribution in [3.8, 4) is 0 Å². The molecular formula is C10H9FO2. The van der Waals surface area contributed by atoms with Crippen LogP contribution >= 0.6 is 0 Å². The number of halogens is 1. The molecule has 1 rings (SSSR count). The van der Waals surface area contributed by atoms with Gasteiger partial charge in [-0.05, 0) is 11.6 Å². The molecule has 0 radical (unpaired) electrons. The van der Waals surface area contributed by atoms with Crippen molar-refractivity contribution in [3.63, 3.8) is 0 Å². The lowest BCUT2D eigenvalue weighted by Gasteiger charge is -1.93. The molecule has 1 aromatic rings. The predicted molar refractivity (Wildman–Crippen MR) is 47.8 cm³/mol. The molecule has 13 heavy (non-hydrogen) atoms. The van der Waals surface area contributed by atoms with Crippen LogP contribution in [-0.4, -0.2) is 11.1 Å². The summed E-state index contributed by atoms with van der Waals surface area (Å²) < 4.78 is 12.8. The first-order valence-corrected chi connectivity index (χ1v) is 3.81. The van der Waals surface area contributed by atoms with Gasteiger partial charge in [-0.15, -0.1) is 0 Å². The van der Waals surface area contributed by atoms with E-state index in [-0.39, 0.29) is 0 Å². The number of rotatable bonds is 3. The molecule has 0 bridgehead atoms. The molecule has 0 aliphatic heterocycles. The Labute approximate surface area is 75.3 Å². The van der Waals surface area contributed by atoms with Crippen molar-refractivity contribution >= 4 is 12.0 Å². The molecule has 0 aromatic heterocycles.